The van der Waals surface area contributed by atoms with Crippen molar-refractivity contribution < 1.29 is 18.8 Å². The maximum atomic E-state index is 13.2. The second kappa shape index (κ2) is 6.88. The fraction of sp³-hybridized carbons (Fsp3) is 0.211. The Labute approximate surface area is 154 Å². The molecule has 0 spiro atoms. The average molecular weight is 375 g/mol. The van der Waals surface area contributed by atoms with Crippen molar-refractivity contribution in [3.05, 3.63) is 70.5 Å². The molecule has 1 atom stereocenters. The lowest BCUT2D eigenvalue weighted by molar-refractivity contribution is -0.131. The monoisotopic (exact) mass is 374 g/mol. The van der Waals surface area contributed by atoms with Gasteiger partial charge in [0.25, 0.3) is 5.91 Å². The number of ketones is 1. The topological polar surface area (TPSA) is 66.5 Å². The lowest BCUT2D eigenvalue weighted by Crippen LogP contribution is -2.43. The Morgan fingerprint density at radius 2 is 1.73 bits per heavy atom. The lowest BCUT2D eigenvalue weighted by Gasteiger charge is -2.25. The summed E-state index contributed by atoms with van der Waals surface area (Å²) in [7, 11) is 0. The van der Waals surface area contributed by atoms with E-state index in [0.717, 1.165) is 4.90 Å². The van der Waals surface area contributed by atoms with Crippen molar-refractivity contribution in [2.75, 3.05) is 6.54 Å². The summed E-state index contributed by atoms with van der Waals surface area (Å²) >= 11 is 5.80. The van der Waals surface area contributed by atoms with E-state index < -0.39 is 23.3 Å². The van der Waals surface area contributed by atoms with Gasteiger partial charge in [-0.3, -0.25) is 14.5 Å². The van der Waals surface area contributed by atoms with Crippen LogP contribution in [-0.4, -0.2) is 29.2 Å². The van der Waals surface area contributed by atoms with E-state index in [1.54, 1.807) is 19.1 Å². The first-order valence-corrected chi connectivity index (χ1v) is 8.44. The Hall–Kier alpha value is -2.73. The third kappa shape index (κ3) is 3.08. The standard InChI is InChI=1S/C19H16ClFN2O3/c1-2-19(13-5-9-15(21)10-6-13)17(25)23(18(26)22-19)11-16(24)12-3-7-14(20)8-4-12/h3-10H,2,11H2,1H3,(H,22,26). The summed E-state index contributed by atoms with van der Waals surface area (Å²) in [5.74, 6) is -1.35. The van der Waals surface area contributed by atoms with Crippen molar-refractivity contribution in [1.82, 2.24) is 10.2 Å². The van der Waals surface area contributed by atoms with Crippen molar-refractivity contribution in [2.45, 2.75) is 18.9 Å². The fourth-order valence-corrected chi connectivity index (χ4v) is 3.14. The highest BCUT2D eigenvalue weighted by Gasteiger charge is 2.51. The molecular weight excluding hydrogens is 359 g/mol. The van der Waals surface area contributed by atoms with E-state index in [1.807, 2.05) is 0 Å². The van der Waals surface area contributed by atoms with Gasteiger partial charge in [-0.15, -0.1) is 0 Å². The highest BCUT2D eigenvalue weighted by molar-refractivity contribution is 6.30. The van der Waals surface area contributed by atoms with Gasteiger partial charge in [0.2, 0.25) is 0 Å². The Morgan fingerprint density at radius 1 is 1.12 bits per heavy atom. The molecule has 134 valence electrons. The molecular formula is C19H16ClFN2O3. The molecule has 1 unspecified atom stereocenters. The van der Waals surface area contributed by atoms with Gasteiger partial charge in [0, 0.05) is 10.6 Å². The zero-order valence-corrected chi connectivity index (χ0v) is 14.7. The van der Waals surface area contributed by atoms with E-state index in [-0.39, 0.29) is 18.7 Å². The minimum absolute atomic E-state index is 0.273. The summed E-state index contributed by atoms with van der Waals surface area (Å²) in [6.45, 7) is 1.36. The lowest BCUT2D eigenvalue weighted by atomic mass is 9.87. The van der Waals surface area contributed by atoms with Crippen LogP contribution < -0.4 is 5.32 Å². The molecule has 0 aliphatic carbocycles. The van der Waals surface area contributed by atoms with Crippen molar-refractivity contribution in [3.8, 4) is 0 Å². The molecule has 1 aliphatic rings. The number of rotatable bonds is 5. The predicted octanol–water partition coefficient (Wildman–Crippen LogP) is 3.52. The Kier molecular flexibility index (Phi) is 4.78. The minimum atomic E-state index is -1.30. The summed E-state index contributed by atoms with van der Waals surface area (Å²) < 4.78 is 13.2. The molecule has 1 N–H and O–H groups in total. The largest absolute Gasteiger partial charge is 0.325 e. The van der Waals surface area contributed by atoms with E-state index in [1.165, 1.54) is 36.4 Å². The number of nitrogens with zero attached hydrogens (tertiary/aromatic N) is 1. The molecule has 26 heavy (non-hydrogen) atoms. The van der Waals surface area contributed by atoms with E-state index in [9.17, 15) is 18.8 Å². The molecule has 0 saturated carbocycles. The summed E-state index contributed by atoms with van der Waals surface area (Å²) in [5.41, 5.74) is -0.475. The number of imide groups is 1. The number of benzene rings is 2. The number of hydrogen-bond donors (Lipinski definition) is 1. The second-order valence-electron chi connectivity index (χ2n) is 6.02. The van der Waals surface area contributed by atoms with Crippen LogP contribution in [0.1, 0.15) is 29.3 Å². The molecule has 7 heteroatoms. The van der Waals surface area contributed by atoms with Gasteiger partial charge in [-0.1, -0.05) is 30.7 Å². The van der Waals surface area contributed by atoms with Crippen LogP contribution in [0.2, 0.25) is 5.02 Å². The number of amides is 3. The van der Waals surface area contributed by atoms with E-state index in [4.69, 9.17) is 11.6 Å². The van der Waals surface area contributed by atoms with Gasteiger partial charge in [0.1, 0.15) is 11.4 Å². The molecule has 3 amide bonds. The number of hydrogen-bond acceptors (Lipinski definition) is 3. The first-order valence-electron chi connectivity index (χ1n) is 8.06. The van der Waals surface area contributed by atoms with Crippen LogP contribution >= 0.6 is 11.6 Å². The fourth-order valence-electron chi connectivity index (χ4n) is 3.01. The van der Waals surface area contributed by atoms with Crippen LogP contribution in [0.5, 0.6) is 0 Å². The highest BCUT2D eigenvalue weighted by Crippen LogP contribution is 2.32. The van der Waals surface area contributed by atoms with Gasteiger partial charge in [0.05, 0.1) is 6.54 Å². The maximum Gasteiger partial charge on any atom is 0.325 e. The normalized spacial score (nSPS) is 19.6. The highest BCUT2D eigenvalue weighted by atomic mass is 35.5. The Bertz CT molecular complexity index is 867. The summed E-state index contributed by atoms with van der Waals surface area (Å²) in [5, 5.41) is 3.14. The smallest absolute Gasteiger partial charge is 0.319 e. The Balaban J connectivity index is 1.87. The van der Waals surface area contributed by atoms with Gasteiger partial charge in [-0.2, -0.15) is 0 Å². The van der Waals surface area contributed by atoms with E-state index >= 15 is 0 Å². The molecule has 0 radical (unpaired) electrons. The molecule has 1 fully saturated rings. The zero-order valence-electron chi connectivity index (χ0n) is 14.0. The number of Topliss-reactive ketones (excluding diaryl/α,β-unsaturated/α-hetero) is 1. The second-order valence-corrected chi connectivity index (χ2v) is 6.45. The minimum Gasteiger partial charge on any atom is -0.319 e. The number of urea groups is 1. The molecule has 1 heterocycles. The quantitative estimate of drug-likeness (QED) is 0.643. The van der Waals surface area contributed by atoms with Gasteiger partial charge in [-0.05, 0) is 48.4 Å². The molecule has 5 nitrogen and oxygen atoms in total. The first-order chi connectivity index (χ1) is 12.4. The molecule has 1 saturated heterocycles. The molecule has 3 rings (SSSR count). The number of halogens is 2. The molecule has 0 aromatic heterocycles. The average Bonchev–Trinajstić information content (AvgIpc) is 2.88. The molecule has 1 aliphatic heterocycles. The van der Waals surface area contributed by atoms with Crippen LogP contribution in [0.15, 0.2) is 48.5 Å². The molecule has 2 aromatic carbocycles. The van der Waals surface area contributed by atoms with E-state index in [0.29, 0.717) is 16.1 Å². The number of nitrogens with one attached hydrogen (secondary N) is 1. The SMILES string of the molecule is CCC1(c2ccc(F)cc2)NC(=O)N(CC(=O)c2ccc(Cl)cc2)C1=O. The van der Waals surface area contributed by atoms with Crippen LogP contribution in [0, 0.1) is 5.82 Å². The third-order valence-corrected chi connectivity index (χ3v) is 4.76. The van der Waals surface area contributed by atoms with Crippen LogP contribution in [0.4, 0.5) is 9.18 Å². The number of carbonyl (C=O) groups excluding carboxylic acids is 3. The predicted molar refractivity (Wildman–Crippen MR) is 94.4 cm³/mol. The van der Waals surface area contributed by atoms with Crippen LogP contribution in [0.25, 0.3) is 0 Å². The van der Waals surface area contributed by atoms with Gasteiger partial charge in [0.15, 0.2) is 5.78 Å². The first kappa shape index (κ1) is 18.1. The van der Waals surface area contributed by atoms with Gasteiger partial charge >= 0.3 is 6.03 Å². The van der Waals surface area contributed by atoms with Crippen molar-refractivity contribution in [3.63, 3.8) is 0 Å². The summed E-state index contributed by atoms with van der Waals surface area (Å²) in [6.07, 6.45) is 0.273. The Morgan fingerprint density at radius 3 is 2.31 bits per heavy atom. The number of carbonyl (C=O) groups is 3. The maximum absolute atomic E-state index is 13.2. The van der Waals surface area contributed by atoms with Crippen LogP contribution in [0.3, 0.4) is 0 Å². The zero-order chi connectivity index (χ0) is 18.9. The van der Waals surface area contributed by atoms with Gasteiger partial charge < -0.3 is 5.32 Å². The van der Waals surface area contributed by atoms with Crippen LogP contribution in [-0.2, 0) is 10.3 Å². The summed E-state index contributed by atoms with van der Waals surface area (Å²) in [4.78, 5) is 38.6. The van der Waals surface area contributed by atoms with Crippen molar-refractivity contribution >= 4 is 29.3 Å². The van der Waals surface area contributed by atoms with Crippen molar-refractivity contribution in [1.29, 1.82) is 0 Å². The molecule has 2 aromatic rings. The molecule has 0 bridgehead atoms. The third-order valence-electron chi connectivity index (χ3n) is 4.51. The van der Waals surface area contributed by atoms with Crippen molar-refractivity contribution in [2.24, 2.45) is 0 Å². The van der Waals surface area contributed by atoms with Gasteiger partial charge in [-0.25, -0.2) is 9.18 Å². The van der Waals surface area contributed by atoms with E-state index in [2.05, 4.69) is 5.32 Å². The summed E-state index contributed by atoms with van der Waals surface area (Å²) in [6, 6.07) is 10.9.